The van der Waals surface area contributed by atoms with Gasteiger partial charge in [-0.25, -0.2) is 0 Å². The van der Waals surface area contributed by atoms with Crippen LogP contribution in [0.4, 0.5) is 0 Å². The second-order valence-electron chi connectivity index (χ2n) is 2.85. The summed E-state index contributed by atoms with van der Waals surface area (Å²) in [5, 5.41) is 2.48. The lowest BCUT2D eigenvalue weighted by atomic mass is 10.1. The summed E-state index contributed by atoms with van der Waals surface area (Å²) in [6.07, 6.45) is 0.729. The first kappa shape index (κ1) is 9.98. The van der Waals surface area contributed by atoms with Crippen molar-refractivity contribution >= 4 is 11.9 Å². The molecule has 0 aromatic heterocycles. The van der Waals surface area contributed by atoms with Crippen LogP contribution < -0.4 is 5.32 Å². The van der Waals surface area contributed by atoms with E-state index in [0.717, 1.165) is 6.42 Å². The average Bonchev–Trinajstić information content (AvgIpc) is 2.66. The van der Waals surface area contributed by atoms with Crippen molar-refractivity contribution in [3.8, 4) is 0 Å². The molecule has 1 N–H and O–H groups in total. The molecule has 1 amide bonds. The number of amides is 1. The van der Waals surface area contributed by atoms with Gasteiger partial charge in [0.05, 0.1) is 19.6 Å². The van der Waals surface area contributed by atoms with Gasteiger partial charge in [0.15, 0.2) is 0 Å². The second-order valence-corrected chi connectivity index (χ2v) is 2.85. The van der Waals surface area contributed by atoms with Gasteiger partial charge in [-0.15, -0.1) is 0 Å². The summed E-state index contributed by atoms with van der Waals surface area (Å²) in [7, 11) is 1.28. The molecule has 1 fully saturated rings. The molecular formula is C8H13NO4. The third-order valence-corrected chi connectivity index (χ3v) is 1.94. The van der Waals surface area contributed by atoms with E-state index in [1.54, 1.807) is 0 Å². The van der Waals surface area contributed by atoms with Crippen molar-refractivity contribution in [2.24, 2.45) is 5.92 Å². The van der Waals surface area contributed by atoms with Crippen LogP contribution in [0.25, 0.3) is 0 Å². The Hall–Kier alpha value is -1.10. The van der Waals surface area contributed by atoms with E-state index in [0.29, 0.717) is 13.2 Å². The highest BCUT2D eigenvalue weighted by Crippen LogP contribution is 2.11. The van der Waals surface area contributed by atoms with Gasteiger partial charge in [0.25, 0.3) is 0 Å². The number of methoxy groups -OCH3 is 1. The first-order valence-electron chi connectivity index (χ1n) is 4.16. The minimum absolute atomic E-state index is 0.0637. The molecule has 5 heteroatoms. The lowest BCUT2D eigenvalue weighted by molar-refractivity contribution is -0.141. The molecule has 0 aromatic carbocycles. The summed E-state index contributed by atoms with van der Waals surface area (Å²) in [4.78, 5) is 21.9. The quantitative estimate of drug-likeness (QED) is 0.594. The summed E-state index contributed by atoms with van der Waals surface area (Å²) in [6.45, 7) is 1.01. The number of ether oxygens (including phenoxy) is 2. The molecule has 1 aliphatic heterocycles. The number of hydrogen-bond donors (Lipinski definition) is 1. The van der Waals surface area contributed by atoms with E-state index < -0.39 is 5.97 Å². The minimum Gasteiger partial charge on any atom is -0.468 e. The van der Waals surface area contributed by atoms with Crippen LogP contribution in [0.15, 0.2) is 0 Å². The van der Waals surface area contributed by atoms with Crippen molar-refractivity contribution in [1.29, 1.82) is 0 Å². The lowest BCUT2D eigenvalue weighted by Gasteiger charge is -2.07. The van der Waals surface area contributed by atoms with Gasteiger partial charge in [0, 0.05) is 6.61 Å². The molecule has 13 heavy (non-hydrogen) atoms. The monoisotopic (exact) mass is 187 g/mol. The Morgan fingerprint density at radius 2 is 2.38 bits per heavy atom. The highest BCUT2D eigenvalue weighted by molar-refractivity contribution is 5.83. The van der Waals surface area contributed by atoms with Crippen molar-refractivity contribution in [3.05, 3.63) is 0 Å². The lowest BCUT2D eigenvalue weighted by Crippen LogP contribution is -2.35. The number of hydrogen-bond acceptors (Lipinski definition) is 4. The Labute approximate surface area is 76.4 Å². The fourth-order valence-electron chi connectivity index (χ4n) is 1.12. The van der Waals surface area contributed by atoms with Gasteiger partial charge >= 0.3 is 5.97 Å². The van der Waals surface area contributed by atoms with Crippen LogP contribution >= 0.6 is 0 Å². The Bertz CT molecular complexity index is 198. The maximum Gasteiger partial charge on any atom is 0.325 e. The molecule has 0 saturated carbocycles. The first-order chi connectivity index (χ1) is 6.24. The summed E-state index contributed by atoms with van der Waals surface area (Å²) >= 11 is 0. The van der Waals surface area contributed by atoms with Gasteiger partial charge < -0.3 is 14.8 Å². The Morgan fingerprint density at radius 3 is 2.92 bits per heavy atom. The summed E-state index contributed by atoms with van der Waals surface area (Å²) in [6, 6.07) is 0. The molecule has 1 saturated heterocycles. The van der Waals surface area contributed by atoms with Gasteiger partial charge in [-0.3, -0.25) is 9.59 Å². The summed E-state index contributed by atoms with van der Waals surface area (Å²) in [5.74, 6) is -0.681. The molecule has 0 bridgehead atoms. The topological polar surface area (TPSA) is 64.6 Å². The standard InChI is InChI=1S/C8H13NO4/c1-12-7(10)4-9-8(11)6-2-3-13-5-6/h6H,2-5H2,1H3,(H,9,11). The normalized spacial score (nSPS) is 21.2. The van der Waals surface area contributed by atoms with Crippen LogP contribution in [0.3, 0.4) is 0 Å². The minimum atomic E-state index is -0.438. The SMILES string of the molecule is COC(=O)CNC(=O)C1CCOC1. The fourth-order valence-corrected chi connectivity index (χ4v) is 1.12. The van der Waals surface area contributed by atoms with Crippen molar-refractivity contribution in [1.82, 2.24) is 5.32 Å². The molecule has 1 heterocycles. The first-order valence-corrected chi connectivity index (χ1v) is 4.16. The zero-order valence-electron chi connectivity index (χ0n) is 7.54. The third kappa shape index (κ3) is 3.02. The molecule has 0 spiro atoms. The maximum atomic E-state index is 11.3. The molecule has 0 aromatic rings. The van der Waals surface area contributed by atoms with E-state index in [1.807, 2.05) is 0 Å². The number of rotatable bonds is 3. The molecule has 1 atom stereocenters. The van der Waals surface area contributed by atoms with Crippen molar-refractivity contribution < 1.29 is 19.1 Å². The van der Waals surface area contributed by atoms with Crippen molar-refractivity contribution in [3.63, 3.8) is 0 Å². The number of carbonyl (C=O) groups is 2. The van der Waals surface area contributed by atoms with E-state index in [1.165, 1.54) is 7.11 Å². The summed E-state index contributed by atoms with van der Waals surface area (Å²) < 4.78 is 9.41. The molecular weight excluding hydrogens is 174 g/mol. The van der Waals surface area contributed by atoms with Gasteiger partial charge in [-0.2, -0.15) is 0 Å². The zero-order valence-corrected chi connectivity index (χ0v) is 7.54. The fraction of sp³-hybridized carbons (Fsp3) is 0.750. The van der Waals surface area contributed by atoms with Crippen LogP contribution in [0.5, 0.6) is 0 Å². The van der Waals surface area contributed by atoms with Crippen LogP contribution in [-0.4, -0.2) is 38.7 Å². The highest BCUT2D eigenvalue weighted by atomic mass is 16.5. The van der Waals surface area contributed by atoms with E-state index in [4.69, 9.17) is 4.74 Å². The maximum absolute atomic E-state index is 11.3. The van der Waals surface area contributed by atoms with Crippen LogP contribution in [0.2, 0.25) is 0 Å². The van der Waals surface area contributed by atoms with E-state index in [-0.39, 0.29) is 18.4 Å². The smallest absolute Gasteiger partial charge is 0.325 e. The van der Waals surface area contributed by atoms with Gasteiger partial charge in [0.1, 0.15) is 6.54 Å². The van der Waals surface area contributed by atoms with Crippen molar-refractivity contribution in [2.75, 3.05) is 26.9 Å². The van der Waals surface area contributed by atoms with E-state index in [9.17, 15) is 9.59 Å². The molecule has 5 nitrogen and oxygen atoms in total. The third-order valence-electron chi connectivity index (χ3n) is 1.94. The predicted octanol–water partition coefficient (Wildman–Crippen LogP) is -0.688. The van der Waals surface area contributed by atoms with Crippen molar-refractivity contribution in [2.45, 2.75) is 6.42 Å². The second kappa shape index (κ2) is 4.81. The van der Waals surface area contributed by atoms with Gasteiger partial charge in [-0.05, 0) is 6.42 Å². The molecule has 1 aliphatic rings. The highest BCUT2D eigenvalue weighted by Gasteiger charge is 2.23. The van der Waals surface area contributed by atoms with Crippen LogP contribution in [0.1, 0.15) is 6.42 Å². The molecule has 74 valence electrons. The molecule has 0 aliphatic carbocycles. The summed E-state index contributed by atoms with van der Waals surface area (Å²) in [5.41, 5.74) is 0. The Morgan fingerprint density at radius 1 is 1.62 bits per heavy atom. The zero-order chi connectivity index (χ0) is 9.68. The number of esters is 1. The molecule has 1 unspecified atom stereocenters. The predicted molar refractivity (Wildman–Crippen MR) is 44.0 cm³/mol. The van der Waals surface area contributed by atoms with E-state index >= 15 is 0 Å². The van der Waals surface area contributed by atoms with E-state index in [2.05, 4.69) is 10.1 Å². The Balaban J connectivity index is 2.20. The number of nitrogens with one attached hydrogen (secondary N) is 1. The molecule has 0 radical (unpaired) electrons. The van der Waals surface area contributed by atoms with Crippen LogP contribution in [-0.2, 0) is 19.1 Å². The van der Waals surface area contributed by atoms with Crippen LogP contribution in [0, 0.1) is 5.92 Å². The van der Waals surface area contributed by atoms with Gasteiger partial charge in [-0.1, -0.05) is 0 Å². The molecule has 1 rings (SSSR count). The van der Waals surface area contributed by atoms with Gasteiger partial charge in [0.2, 0.25) is 5.91 Å². The largest absolute Gasteiger partial charge is 0.468 e. The Kier molecular flexibility index (Phi) is 3.70. The average molecular weight is 187 g/mol. The number of carbonyl (C=O) groups excluding carboxylic acids is 2.